The second kappa shape index (κ2) is 8.58. The molecule has 1 aromatic heterocycles. The molecular formula is C20H18ClN5O4S. The standard InChI is InChI=1S/C20H18ClN5O4S/c1-24-6-8-25(9-7-24)19(28)12-2-5-16-17(10-12)31-20(22-16)23-18(27)14-11-13(26(29)30)3-4-15(14)21/h2-5,10-11H,6-9H2,1H3,(H,22,23,27). The van der Waals surface area contributed by atoms with E-state index in [0.717, 1.165) is 23.9 Å². The summed E-state index contributed by atoms with van der Waals surface area (Å²) in [7, 11) is 2.03. The summed E-state index contributed by atoms with van der Waals surface area (Å²) in [5.41, 5.74) is 0.965. The molecule has 2 amide bonds. The van der Waals surface area contributed by atoms with Crippen LogP contribution in [0.1, 0.15) is 20.7 Å². The molecule has 0 spiro atoms. The molecule has 1 N–H and O–H groups in total. The highest BCUT2D eigenvalue weighted by Crippen LogP contribution is 2.29. The number of nitrogens with one attached hydrogen (secondary N) is 1. The quantitative estimate of drug-likeness (QED) is 0.472. The Bertz CT molecular complexity index is 1190. The number of nitro benzene ring substituents is 1. The largest absolute Gasteiger partial charge is 0.336 e. The van der Waals surface area contributed by atoms with Crippen molar-refractivity contribution in [3.8, 4) is 0 Å². The molecule has 0 atom stereocenters. The van der Waals surface area contributed by atoms with Gasteiger partial charge in [0.2, 0.25) is 0 Å². The van der Waals surface area contributed by atoms with E-state index in [9.17, 15) is 19.7 Å². The Kier molecular flexibility index (Phi) is 5.86. The molecule has 3 aromatic rings. The fourth-order valence-corrected chi connectivity index (χ4v) is 4.37. The average Bonchev–Trinajstić information content (AvgIpc) is 3.15. The van der Waals surface area contributed by atoms with Gasteiger partial charge in [0.15, 0.2) is 5.13 Å². The predicted octanol–water partition coefficient (Wildman–Crippen LogP) is 3.50. The lowest BCUT2D eigenvalue weighted by atomic mass is 10.1. The van der Waals surface area contributed by atoms with E-state index in [-0.39, 0.29) is 22.2 Å². The number of piperazine rings is 1. The van der Waals surface area contributed by atoms with Gasteiger partial charge in [0.25, 0.3) is 17.5 Å². The molecule has 9 nitrogen and oxygen atoms in total. The highest BCUT2D eigenvalue weighted by Gasteiger charge is 2.21. The lowest BCUT2D eigenvalue weighted by Crippen LogP contribution is -2.47. The van der Waals surface area contributed by atoms with Gasteiger partial charge < -0.3 is 9.80 Å². The minimum atomic E-state index is -0.596. The Morgan fingerprint density at radius 3 is 2.61 bits per heavy atom. The Morgan fingerprint density at radius 2 is 1.90 bits per heavy atom. The molecule has 1 saturated heterocycles. The van der Waals surface area contributed by atoms with Crippen molar-refractivity contribution in [3.63, 3.8) is 0 Å². The van der Waals surface area contributed by atoms with Gasteiger partial charge >= 0.3 is 0 Å². The van der Waals surface area contributed by atoms with Crippen LogP contribution in [0, 0.1) is 10.1 Å². The van der Waals surface area contributed by atoms with Crippen molar-refractivity contribution in [1.29, 1.82) is 0 Å². The number of benzene rings is 2. The van der Waals surface area contributed by atoms with Crippen molar-refractivity contribution < 1.29 is 14.5 Å². The van der Waals surface area contributed by atoms with E-state index in [1.807, 2.05) is 11.9 Å². The second-order valence-corrected chi connectivity index (χ2v) is 8.61. The van der Waals surface area contributed by atoms with Crippen LogP contribution in [0.5, 0.6) is 0 Å². The number of aromatic nitrogens is 1. The first-order valence-corrected chi connectivity index (χ1v) is 10.6. The van der Waals surface area contributed by atoms with Crippen molar-refractivity contribution in [1.82, 2.24) is 14.8 Å². The molecule has 1 aliphatic heterocycles. The lowest BCUT2D eigenvalue weighted by Gasteiger charge is -2.32. The van der Waals surface area contributed by atoms with Crippen LogP contribution in [0.2, 0.25) is 5.02 Å². The topological polar surface area (TPSA) is 109 Å². The zero-order valence-electron chi connectivity index (χ0n) is 16.5. The van der Waals surface area contributed by atoms with E-state index in [1.165, 1.54) is 23.5 Å². The van der Waals surface area contributed by atoms with Gasteiger partial charge in [-0.05, 0) is 31.3 Å². The zero-order valence-corrected chi connectivity index (χ0v) is 18.1. The number of thiazole rings is 1. The number of fused-ring (bicyclic) bond motifs is 1. The number of halogens is 1. The highest BCUT2D eigenvalue weighted by atomic mass is 35.5. The minimum absolute atomic E-state index is 0.0129. The van der Waals surface area contributed by atoms with E-state index in [0.29, 0.717) is 29.3 Å². The number of nitrogens with zero attached hydrogens (tertiary/aromatic N) is 4. The lowest BCUT2D eigenvalue weighted by molar-refractivity contribution is -0.384. The number of carbonyl (C=O) groups is 2. The summed E-state index contributed by atoms with van der Waals surface area (Å²) in [4.78, 5) is 44.1. The van der Waals surface area contributed by atoms with Gasteiger partial charge in [-0.15, -0.1) is 0 Å². The van der Waals surface area contributed by atoms with Crippen molar-refractivity contribution in [2.45, 2.75) is 0 Å². The van der Waals surface area contributed by atoms with Crippen molar-refractivity contribution in [3.05, 3.63) is 62.7 Å². The number of hydrogen-bond donors (Lipinski definition) is 1. The maximum atomic E-state index is 12.8. The van der Waals surface area contributed by atoms with E-state index in [2.05, 4.69) is 15.2 Å². The summed E-state index contributed by atoms with van der Waals surface area (Å²) in [6, 6.07) is 8.90. The highest BCUT2D eigenvalue weighted by molar-refractivity contribution is 7.22. The fraction of sp³-hybridized carbons (Fsp3) is 0.250. The maximum Gasteiger partial charge on any atom is 0.270 e. The molecule has 11 heteroatoms. The summed E-state index contributed by atoms with van der Waals surface area (Å²) in [5, 5.41) is 14.0. The van der Waals surface area contributed by atoms with E-state index in [4.69, 9.17) is 11.6 Å². The number of amides is 2. The summed E-state index contributed by atoms with van der Waals surface area (Å²) >= 11 is 7.25. The Morgan fingerprint density at radius 1 is 1.16 bits per heavy atom. The SMILES string of the molecule is CN1CCN(C(=O)c2ccc3nc(NC(=O)c4cc([N+](=O)[O-])ccc4Cl)sc3c2)CC1. The predicted molar refractivity (Wildman–Crippen MR) is 119 cm³/mol. The third kappa shape index (κ3) is 4.50. The van der Waals surface area contributed by atoms with Crippen LogP contribution in [-0.2, 0) is 0 Å². The van der Waals surface area contributed by atoms with E-state index in [1.54, 1.807) is 18.2 Å². The second-order valence-electron chi connectivity index (χ2n) is 7.17. The molecule has 0 bridgehead atoms. The molecule has 31 heavy (non-hydrogen) atoms. The summed E-state index contributed by atoms with van der Waals surface area (Å²) in [6.07, 6.45) is 0. The van der Waals surface area contributed by atoms with Crippen LogP contribution in [0.4, 0.5) is 10.8 Å². The molecule has 0 unspecified atom stereocenters. The molecule has 0 aliphatic carbocycles. The van der Waals surface area contributed by atoms with Gasteiger partial charge in [-0.1, -0.05) is 22.9 Å². The first-order chi connectivity index (χ1) is 14.8. The Hall–Kier alpha value is -3.08. The number of hydrogen-bond acceptors (Lipinski definition) is 7. The first-order valence-electron chi connectivity index (χ1n) is 9.45. The molecule has 2 heterocycles. The van der Waals surface area contributed by atoms with Crippen molar-refractivity contribution >= 4 is 55.8 Å². The zero-order chi connectivity index (χ0) is 22.1. The molecule has 0 saturated carbocycles. The van der Waals surface area contributed by atoms with Gasteiger partial charge in [0, 0.05) is 43.9 Å². The third-order valence-corrected chi connectivity index (χ3v) is 6.31. The molecule has 0 radical (unpaired) electrons. The van der Waals surface area contributed by atoms with Crippen LogP contribution >= 0.6 is 22.9 Å². The first kappa shape index (κ1) is 21.2. The van der Waals surface area contributed by atoms with Crippen LogP contribution in [-0.4, -0.2) is 64.7 Å². The van der Waals surface area contributed by atoms with E-state index >= 15 is 0 Å². The number of nitro groups is 1. The fourth-order valence-electron chi connectivity index (χ4n) is 3.27. The number of rotatable bonds is 4. The van der Waals surface area contributed by atoms with Gasteiger partial charge in [-0.2, -0.15) is 0 Å². The van der Waals surface area contributed by atoms with Gasteiger partial charge in [0.05, 0.1) is 25.7 Å². The molecule has 1 fully saturated rings. The third-order valence-electron chi connectivity index (χ3n) is 5.05. The maximum absolute atomic E-state index is 12.8. The number of carbonyl (C=O) groups excluding carboxylic acids is 2. The Balaban J connectivity index is 1.53. The normalized spacial score (nSPS) is 14.6. The number of anilines is 1. The number of non-ortho nitro benzene ring substituents is 1. The molecule has 4 rings (SSSR count). The summed E-state index contributed by atoms with van der Waals surface area (Å²) in [5.74, 6) is -0.626. The van der Waals surface area contributed by atoms with Crippen molar-refractivity contribution in [2.24, 2.45) is 0 Å². The average molecular weight is 460 g/mol. The Labute approximate surface area is 186 Å². The van der Waals surface area contributed by atoms with Crippen molar-refractivity contribution in [2.75, 3.05) is 38.5 Å². The van der Waals surface area contributed by atoms with Gasteiger partial charge in [-0.3, -0.25) is 25.0 Å². The van der Waals surface area contributed by atoms with Crippen LogP contribution in [0.15, 0.2) is 36.4 Å². The van der Waals surface area contributed by atoms with Crippen LogP contribution in [0.3, 0.4) is 0 Å². The smallest absolute Gasteiger partial charge is 0.270 e. The molecule has 2 aromatic carbocycles. The summed E-state index contributed by atoms with van der Waals surface area (Å²) < 4.78 is 0.750. The number of likely N-dealkylation sites (N-methyl/N-ethyl adjacent to an activating group) is 1. The van der Waals surface area contributed by atoms with E-state index < -0.39 is 10.8 Å². The minimum Gasteiger partial charge on any atom is -0.336 e. The van der Waals surface area contributed by atoms with Gasteiger partial charge in [0.1, 0.15) is 0 Å². The van der Waals surface area contributed by atoms with Crippen LogP contribution in [0.25, 0.3) is 10.2 Å². The summed E-state index contributed by atoms with van der Waals surface area (Å²) in [6.45, 7) is 3.04. The monoisotopic (exact) mass is 459 g/mol. The van der Waals surface area contributed by atoms with Gasteiger partial charge in [-0.25, -0.2) is 4.98 Å². The molecule has 1 aliphatic rings. The molecular weight excluding hydrogens is 442 g/mol. The van der Waals surface area contributed by atoms with Crippen LogP contribution < -0.4 is 5.32 Å². The molecule has 160 valence electrons.